The molecule has 0 heterocycles. The maximum Gasteiger partial charge on any atom is 0.151 e. The van der Waals surface area contributed by atoms with Crippen LogP contribution in [0.4, 0.5) is 0 Å². The van der Waals surface area contributed by atoms with Crippen molar-refractivity contribution in [2.75, 3.05) is 0 Å². The first kappa shape index (κ1) is 10.6. The van der Waals surface area contributed by atoms with Gasteiger partial charge in [-0.2, -0.15) is 5.26 Å². The van der Waals surface area contributed by atoms with Gasteiger partial charge in [0.2, 0.25) is 0 Å². The van der Waals surface area contributed by atoms with E-state index in [1.165, 1.54) is 11.1 Å². The third kappa shape index (κ3) is 1.29. The Kier molecular flexibility index (Phi) is 2.62. The monoisotopic (exact) mass is 211 g/mol. The Hall–Kier alpha value is -1.88. The molecule has 0 fully saturated rings. The Morgan fingerprint density at radius 1 is 1.56 bits per heavy atom. The molecule has 2 nitrogen and oxygen atoms in total. The second kappa shape index (κ2) is 3.94. The molecule has 1 aromatic carbocycles. The second-order valence-corrected chi connectivity index (χ2v) is 3.97. The minimum atomic E-state index is 0.543. The van der Waals surface area contributed by atoms with Crippen LogP contribution in [0, 0.1) is 18.3 Å². The number of hydrogen-bond donors (Lipinski definition) is 0. The summed E-state index contributed by atoms with van der Waals surface area (Å²) < 4.78 is 0. The van der Waals surface area contributed by atoms with E-state index in [-0.39, 0.29) is 0 Å². The Morgan fingerprint density at radius 3 is 2.88 bits per heavy atom. The molecule has 1 aliphatic carbocycles. The van der Waals surface area contributed by atoms with E-state index in [1.54, 1.807) is 0 Å². The van der Waals surface area contributed by atoms with Gasteiger partial charge in [0.25, 0.3) is 0 Å². The van der Waals surface area contributed by atoms with E-state index in [9.17, 15) is 10.1 Å². The first-order valence-corrected chi connectivity index (χ1v) is 5.44. The molecule has 0 atom stereocenters. The fourth-order valence-electron chi connectivity index (χ4n) is 2.48. The summed E-state index contributed by atoms with van der Waals surface area (Å²) in [6.45, 7) is 4.06. The summed E-state index contributed by atoms with van der Waals surface area (Å²) in [6, 6.07) is 2.17. The molecule has 0 N–H and O–H groups in total. The van der Waals surface area contributed by atoms with E-state index >= 15 is 0 Å². The van der Waals surface area contributed by atoms with Crippen LogP contribution in [-0.2, 0) is 12.8 Å². The molecule has 2 heteroatoms. The molecule has 0 radical (unpaired) electrons. The van der Waals surface area contributed by atoms with E-state index in [0.29, 0.717) is 11.1 Å². The van der Waals surface area contributed by atoms with Gasteiger partial charge in [-0.25, -0.2) is 0 Å². The van der Waals surface area contributed by atoms with Crippen LogP contribution in [-0.4, -0.2) is 6.29 Å². The zero-order valence-corrected chi connectivity index (χ0v) is 9.50. The van der Waals surface area contributed by atoms with E-state index in [0.717, 1.165) is 30.3 Å². The highest BCUT2D eigenvalue weighted by atomic mass is 16.1. The molecule has 80 valence electrons. The largest absolute Gasteiger partial charge is 0.298 e. The average molecular weight is 211 g/mol. The summed E-state index contributed by atoms with van der Waals surface area (Å²) in [6.07, 6.45) is 6.49. The highest BCUT2D eigenvalue weighted by Gasteiger charge is 2.20. The van der Waals surface area contributed by atoms with Crippen molar-refractivity contribution in [2.24, 2.45) is 0 Å². The molecule has 0 amide bonds. The fourth-order valence-corrected chi connectivity index (χ4v) is 2.48. The van der Waals surface area contributed by atoms with Gasteiger partial charge in [-0.1, -0.05) is 19.1 Å². The minimum Gasteiger partial charge on any atom is -0.298 e. The SMILES string of the molecule is CCc1c(C)c2c(c(C#N)c1C=O)C=CC2. The maximum absolute atomic E-state index is 11.1. The highest BCUT2D eigenvalue weighted by Crippen LogP contribution is 2.32. The van der Waals surface area contributed by atoms with E-state index in [2.05, 4.69) is 6.07 Å². The van der Waals surface area contributed by atoms with Crippen LogP contribution in [0.25, 0.3) is 6.08 Å². The number of nitrogens with zero attached hydrogens (tertiary/aromatic N) is 1. The minimum absolute atomic E-state index is 0.543. The van der Waals surface area contributed by atoms with Crippen LogP contribution in [0.3, 0.4) is 0 Å². The molecule has 0 aliphatic heterocycles. The number of rotatable bonds is 2. The van der Waals surface area contributed by atoms with Crippen LogP contribution < -0.4 is 0 Å². The topological polar surface area (TPSA) is 40.9 Å². The van der Waals surface area contributed by atoms with Crippen molar-refractivity contribution in [3.8, 4) is 6.07 Å². The third-order valence-corrected chi connectivity index (χ3v) is 3.28. The van der Waals surface area contributed by atoms with Crippen molar-refractivity contribution in [1.29, 1.82) is 5.26 Å². The number of nitriles is 1. The van der Waals surface area contributed by atoms with Crippen LogP contribution in [0.15, 0.2) is 6.08 Å². The second-order valence-electron chi connectivity index (χ2n) is 3.97. The van der Waals surface area contributed by atoms with E-state index in [4.69, 9.17) is 0 Å². The van der Waals surface area contributed by atoms with Crippen molar-refractivity contribution in [1.82, 2.24) is 0 Å². The predicted molar refractivity (Wildman–Crippen MR) is 63.4 cm³/mol. The number of aldehydes is 1. The standard InChI is InChI=1S/C14H13NO/c1-3-10-9(2)11-5-4-6-12(11)13(7-15)14(10)8-16/h4,6,8H,3,5H2,1-2H3. The molecule has 16 heavy (non-hydrogen) atoms. The van der Waals surface area contributed by atoms with Crippen molar-refractivity contribution < 1.29 is 4.79 Å². The number of benzene rings is 1. The van der Waals surface area contributed by atoms with Crippen LogP contribution in [0.2, 0.25) is 0 Å². The van der Waals surface area contributed by atoms with Crippen molar-refractivity contribution in [3.63, 3.8) is 0 Å². The molecule has 0 spiro atoms. The summed E-state index contributed by atoms with van der Waals surface area (Å²) >= 11 is 0. The molecule has 0 saturated heterocycles. The molecular formula is C14H13NO. The van der Waals surface area contributed by atoms with Gasteiger partial charge in [-0.3, -0.25) is 4.79 Å². The summed E-state index contributed by atoms with van der Waals surface area (Å²) in [4.78, 5) is 11.1. The van der Waals surface area contributed by atoms with Gasteiger partial charge in [-0.05, 0) is 42.0 Å². The first-order valence-electron chi connectivity index (χ1n) is 5.44. The van der Waals surface area contributed by atoms with Crippen molar-refractivity contribution in [3.05, 3.63) is 39.5 Å². The maximum atomic E-state index is 11.1. The molecule has 0 bridgehead atoms. The predicted octanol–water partition coefficient (Wildman–Crippen LogP) is 2.81. The Bertz CT molecular complexity index is 533. The van der Waals surface area contributed by atoms with E-state index < -0.39 is 0 Å². The lowest BCUT2D eigenvalue weighted by molar-refractivity contribution is 0.112. The van der Waals surface area contributed by atoms with Gasteiger partial charge in [0.15, 0.2) is 6.29 Å². The lowest BCUT2D eigenvalue weighted by atomic mass is 9.88. The molecule has 0 aromatic heterocycles. The number of fused-ring (bicyclic) bond motifs is 1. The van der Waals surface area contributed by atoms with Gasteiger partial charge in [0.1, 0.15) is 6.07 Å². The molecule has 0 saturated carbocycles. The normalized spacial score (nSPS) is 12.3. The zero-order valence-electron chi connectivity index (χ0n) is 9.50. The van der Waals surface area contributed by atoms with Gasteiger partial charge >= 0.3 is 0 Å². The van der Waals surface area contributed by atoms with Gasteiger partial charge in [0.05, 0.1) is 5.56 Å². The van der Waals surface area contributed by atoms with Gasteiger partial charge in [0, 0.05) is 5.56 Å². The number of hydrogen-bond acceptors (Lipinski definition) is 2. The highest BCUT2D eigenvalue weighted by molar-refractivity contribution is 5.87. The van der Waals surface area contributed by atoms with Crippen LogP contribution >= 0.6 is 0 Å². The summed E-state index contributed by atoms with van der Waals surface area (Å²) in [5, 5.41) is 9.18. The zero-order chi connectivity index (χ0) is 11.7. The smallest absolute Gasteiger partial charge is 0.151 e. The van der Waals surface area contributed by atoms with Gasteiger partial charge < -0.3 is 0 Å². The van der Waals surface area contributed by atoms with E-state index in [1.807, 2.05) is 26.0 Å². The van der Waals surface area contributed by atoms with Crippen LogP contribution in [0.5, 0.6) is 0 Å². The van der Waals surface area contributed by atoms with Gasteiger partial charge in [-0.15, -0.1) is 0 Å². The Balaban J connectivity index is 2.88. The lowest BCUT2D eigenvalue weighted by Crippen LogP contribution is -2.05. The average Bonchev–Trinajstić information content (AvgIpc) is 2.77. The van der Waals surface area contributed by atoms with Crippen LogP contribution in [0.1, 0.15) is 45.1 Å². The Morgan fingerprint density at radius 2 is 2.31 bits per heavy atom. The molecule has 0 unspecified atom stereocenters. The number of carbonyl (C=O) groups is 1. The molecule has 1 aliphatic rings. The van der Waals surface area contributed by atoms with Crippen molar-refractivity contribution >= 4 is 12.4 Å². The lowest BCUT2D eigenvalue weighted by Gasteiger charge is -2.14. The summed E-state index contributed by atoms with van der Waals surface area (Å²) in [7, 11) is 0. The fraction of sp³-hybridized carbons (Fsp3) is 0.286. The summed E-state index contributed by atoms with van der Waals surface area (Å²) in [5.41, 5.74) is 5.46. The quantitative estimate of drug-likeness (QED) is 0.706. The Labute approximate surface area is 95.2 Å². The molecular weight excluding hydrogens is 198 g/mol. The number of carbonyl (C=O) groups excluding carboxylic acids is 1. The summed E-state index contributed by atoms with van der Waals surface area (Å²) in [5.74, 6) is 0. The molecule has 2 rings (SSSR count). The van der Waals surface area contributed by atoms with Crippen molar-refractivity contribution in [2.45, 2.75) is 26.7 Å². The molecule has 1 aromatic rings. The number of allylic oxidation sites excluding steroid dienone is 1. The first-order chi connectivity index (χ1) is 7.74. The third-order valence-electron chi connectivity index (χ3n) is 3.28.